The minimum absolute atomic E-state index is 0.0399. The number of aromatic nitrogens is 1. The third kappa shape index (κ3) is 7.52. The molecule has 1 aliphatic rings. The van der Waals surface area contributed by atoms with Crippen molar-refractivity contribution in [1.82, 2.24) is 9.88 Å². The van der Waals surface area contributed by atoms with Crippen LogP contribution < -0.4 is 10.5 Å². The second-order valence-electron chi connectivity index (χ2n) is 9.13. The first-order valence-electron chi connectivity index (χ1n) is 12.3. The normalized spacial score (nSPS) is 14.9. The molecule has 0 amide bonds. The molecule has 1 atom stereocenters. The summed E-state index contributed by atoms with van der Waals surface area (Å²) in [7, 11) is 1.58. The van der Waals surface area contributed by atoms with Crippen LogP contribution in [0.15, 0.2) is 53.6 Å². The number of anilines is 1. The molecule has 0 saturated carbocycles. The minimum Gasteiger partial charge on any atom is -0.491 e. The maximum absolute atomic E-state index is 13.6. The van der Waals surface area contributed by atoms with E-state index in [1.165, 1.54) is 50.0 Å². The molecule has 3 aromatic rings. The number of nitrogen functional groups attached to an aromatic ring is 1. The summed E-state index contributed by atoms with van der Waals surface area (Å²) in [5, 5.41) is 0.915. The lowest BCUT2D eigenvalue weighted by atomic mass is 10.1. The third-order valence-electron chi connectivity index (χ3n) is 6.32. The number of halogens is 2. The summed E-state index contributed by atoms with van der Waals surface area (Å²) in [6.07, 6.45) is 8.65. The van der Waals surface area contributed by atoms with Crippen LogP contribution in [0.3, 0.4) is 0 Å². The molecule has 8 heteroatoms. The topological polar surface area (TPSA) is 51.4 Å². The number of ether oxygens (including phenoxy) is 1. The van der Waals surface area contributed by atoms with Crippen molar-refractivity contribution in [3.63, 3.8) is 0 Å². The van der Waals surface area contributed by atoms with Gasteiger partial charge in [-0.05, 0) is 80.8 Å². The number of piperidine rings is 1. The molecule has 2 heterocycles. The summed E-state index contributed by atoms with van der Waals surface area (Å²) in [5.74, 6) is 1.72. The van der Waals surface area contributed by atoms with Gasteiger partial charge in [-0.3, -0.25) is 9.88 Å². The van der Waals surface area contributed by atoms with Gasteiger partial charge in [-0.1, -0.05) is 33.9 Å². The Balaban J connectivity index is 1.17. The summed E-state index contributed by atoms with van der Waals surface area (Å²) in [6, 6.07) is 12.8. The maximum Gasteiger partial charge on any atom is 0.283 e. The summed E-state index contributed by atoms with van der Waals surface area (Å²) in [5.41, 5.74) is 5.81. The number of rotatable bonds is 11. The van der Waals surface area contributed by atoms with E-state index >= 15 is 0 Å². The van der Waals surface area contributed by atoms with Crippen LogP contribution in [0.5, 0.6) is 5.75 Å². The molecule has 0 spiro atoms. The number of hydrogen-bond acceptors (Lipinski definition) is 5. The van der Waals surface area contributed by atoms with E-state index in [1.807, 2.05) is 18.2 Å². The second-order valence-corrected chi connectivity index (χ2v) is 11.0. The highest BCUT2D eigenvalue weighted by Gasteiger charge is 2.24. The molecule has 0 aliphatic carbocycles. The fraction of sp³-hybridized carbons (Fsp3) is 0.444. The van der Waals surface area contributed by atoms with Crippen LogP contribution in [0.25, 0.3) is 10.9 Å². The van der Waals surface area contributed by atoms with Gasteiger partial charge in [0.15, 0.2) is 0 Å². The van der Waals surface area contributed by atoms with Crippen molar-refractivity contribution in [1.29, 1.82) is 0 Å². The molecular formula is C27H34F2N3OPS. The van der Waals surface area contributed by atoms with Gasteiger partial charge in [-0.25, -0.2) is 0 Å². The molecular weight excluding hydrogens is 483 g/mol. The number of hydrogen-bond donors (Lipinski definition) is 1. The molecule has 0 radical (unpaired) electrons. The SMILES string of the molecule is Nc1cc(CN2CCCCC2)ccc1OCCCCCSc1ccnc2cc(C(F)(F)P)ccc12. The van der Waals surface area contributed by atoms with Crippen molar-refractivity contribution in [2.45, 2.75) is 55.6 Å². The van der Waals surface area contributed by atoms with Gasteiger partial charge < -0.3 is 10.5 Å². The summed E-state index contributed by atoms with van der Waals surface area (Å²) in [6.45, 7) is 3.95. The predicted octanol–water partition coefficient (Wildman–Crippen LogP) is 7.07. The van der Waals surface area contributed by atoms with Crippen LogP contribution >= 0.6 is 21.0 Å². The molecule has 1 unspecified atom stereocenters. The van der Waals surface area contributed by atoms with Crippen molar-refractivity contribution >= 4 is 37.6 Å². The van der Waals surface area contributed by atoms with Gasteiger partial charge in [0.25, 0.3) is 5.66 Å². The number of thioether (sulfide) groups is 1. The largest absolute Gasteiger partial charge is 0.491 e. The number of nitrogens with zero attached hydrogens (tertiary/aromatic N) is 2. The molecule has 1 saturated heterocycles. The van der Waals surface area contributed by atoms with E-state index in [-0.39, 0.29) is 5.56 Å². The zero-order chi connectivity index (χ0) is 24.7. The number of nitrogens with two attached hydrogens (primary N) is 1. The number of pyridine rings is 1. The molecule has 1 aromatic heterocycles. The third-order valence-corrected chi connectivity index (χ3v) is 7.81. The van der Waals surface area contributed by atoms with Crippen LogP contribution in [0.1, 0.15) is 49.7 Å². The summed E-state index contributed by atoms with van der Waals surface area (Å²) < 4.78 is 33.1. The van der Waals surface area contributed by atoms with E-state index in [9.17, 15) is 8.78 Å². The predicted molar refractivity (Wildman–Crippen MR) is 145 cm³/mol. The number of alkyl halides is 2. The van der Waals surface area contributed by atoms with Gasteiger partial charge in [-0.15, -0.1) is 11.8 Å². The first-order valence-corrected chi connectivity index (χ1v) is 13.9. The summed E-state index contributed by atoms with van der Waals surface area (Å²) in [4.78, 5) is 7.83. The Hall–Kier alpha value is -1.95. The highest BCUT2D eigenvalue weighted by molar-refractivity contribution is 7.99. The zero-order valence-electron chi connectivity index (χ0n) is 20.0. The maximum atomic E-state index is 13.6. The Morgan fingerprint density at radius 2 is 1.86 bits per heavy atom. The van der Waals surface area contributed by atoms with Crippen LogP contribution in [-0.2, 0) is 12.2 Å². The fourth-order valence-corrected chi connectivity index (χ4v) is 5.64. The van der Waals surface area contributed by atoms with Gasteiger partial charge in [0, 0.05) is 28.6 Å². The van der Waals surface area contributed by atoms with E-state index < -0.39 is 5.66 Å². The van der Waals surface area contributed by atoms with Crippen LogP contribution in [0.2, 0.25) is 0 Å². The van der Waals surface area contributed by atoms with E-state index in [0.29, 0.717) is 17.8 Å². The lowest BCUT2D eigenvalue weighted by Gasteiger charge is -2.26. The first kappa shape index (κ1) is 26.1. The Labute approximate surface area is 213 Å². The van der Waals surface area contributed by atoms with E-state index in [1.54, 1.807) is 33.3 Å². The van der Waals surface area contributed by atoms with E-state index in [0.717, 1.165) is 47.6 Å². The average molecular weight is 518 g/mol. The van der Waals surface area contributed by atoms with Crippen LogP contribution in [0.4, 0.5) is 14.5 Å². The van der Waals surface area contributed by atoms with Gasteiger partial charge in [0.05, 0.1) is 17.8 Å². The molecule has 1 fully saturated rings. The molecule has 2 N–H and O–H groups in total. The van der Waals surface area contributed by atoms with Gasteiger partial charge in [-0.2, -0.15) is 8.78 Å². The minimum atomic E-state index is -2.94. The molecule has 188 valence electrons. The van der Waals surface area contributed by atoms with Gasteiger partial charge in [0.1, 0.15) is 5.75 Å². The van der Waals surface area contributed by atoms with Crippen molar-refractivity contribution in [2.24, 2.45) is 0 Å². The monoisotopic (exact) mass is 517 g/mol. The zero-order valence-corrected chi connectivity index (χ0v) is 22.0. The van der Waals surface area contributed by atoms with Gasteiger partial charge in [0.2, 0.25) is 0 Å². The standard InChI is InChI=1S/C27H34F2N3OPS/c28-27(29,34)21-8-9-22-24(18-21)31-12-11-26(22)35-16-6-2-5-15-33-25-10-7-20(17-23(25)30)19-32-13-3-1-4-14-32/h7-12,17-18H,1-6,13-16,19,30,34H2. The van der Waals surface area contributed by atoms with Crippen LogP contribution in [0, 0.1) is 0 Å². The van der Waals surface area contributed by atoms with Crippen molar-refractivity contribution < 1.29 is 13.5 Å². The van der Waals surface area contributed by atoms with E-state index in [4.69, 9.17) is 10.5 Å². The molecule has 4 nitrogen and oxygen atoms in total. The first-order chi connectivity index (χ1) is 16.9. The molecule has 2 aromatic carbocycles. The molecule has 35 heavy (non-hydrogen) atoms. The Kier molecular flexibility index (Phi) is 9.21. The fourth-order valence-electron chi connectivity index (χ4n) is 4.40. The highest BCUT2D eigenvalue weighted by Crippen LogP contribution is 2.37. The Morgan fingerprint density at radius 1 is 1.03 bits per heavy atom. The number of likely N-dealkylation sites (tertiary alicyclic amines) is 1. The molecule has 4 rings (SSSR count). The summed E-state index contributed by atoms with van der Waals surface area (Å²) >= 11 is 1.74. The van der Waals surface area contributed by atoms with Crippen molar-refractivity contribution in [3.05, 3.63) is 59.8 Å². The quantitative estimate of drug-likeness (QED) is 0.128. The number of benzene rings is 2. The van der Waals surface area contributed by atoms with Gasteiger partial charge >= 0.3 is 0 Å². The highest BCUT2D eigenvalue weighted by atomic mass is 32.2. The van der Waals surface area contributed by atoms with Crippen LogP contribution in [-0.4, -0.2) is 35.3 Å². The number of fused-ring (bicyclic) bond motifs is 1. The average Bonchev–Trinajstić information content (AvgIpc) is 2.84. The molecule has 1 aliphatic heterocycles. The smallest absolute Gasteiger partial charge is 0.283 e. The lowest BCUT2D eigenvalue weighted by Crippen LogP contribution is -2.29. The van der Waals surface area contributed by atoms with Crippen molar-refractivity contribution in [3.8, 4) is 5.75 Å². The lowest BCUT2D eigenvalue weighted by molar-refractivity contribution is 0.104. The second kappa shape index (κ2) is 12.3. The number of unbranched alkanes of at least 4 members (excludes halogenated alkanes) is 2. The Bertz CT molecular complexity index is 1120. The molecule has 0 bridgehead atoms. The Morgan fingerprint density at radius 3 is 2.63 bits per heavy atom. The van der Waals surface area contributed by atoms with E-state index in [2.05, 4.69) is 16.0 Å². The van der Waals surface area contributed by atoms with Crippen molar-refractivity contribution in [2.75, 3.05) is 31.2 Å².